The Hall–Kier alpha value is -2.77. The lowest BCUT2D eigenvalue weighted by atomic mass is 10.3. The fourth-order valence-corrected chi connectivity index (χ4v) is 3.67. The van der Waals surface area contributed by atoms with Crippen LogP contribution in [0.3, 0.4) is 0 Å². The number of halogens is 2. The zero-order chi connectivity index (χ0) is 19.6. The molecule has 0 aliphatic rings. The third-order valence-corrected chi connectivity index (χ3v) is 5.42. The molecule has 0 aliphatic heterocycles. The van der Waals surface area contributed by atoms with E-state index >= 15 is 0 Å². The smallest absolute Gasteiger partial charge is 0.286 e. The SMILES string of the molecule is Cn1cnc(S(=O)(=O)NCc2nnc(C(=O)Nc3ccc(F)cc3F)s2)c1. The summed E-state index contributed by atoms with van der Waals surface area (Å²) in [5.74, 6) is -2.46. The highest BCUT2D eigenvalue weighted by molar-refractivity contribution is 7.89. The van der Waals surface area contributed by atoms with Gasteiger partial charge in [-0.1, -0.05) is 11.3 Å². The van der Waals surface area contributed by atoms with E-state index < -0.39 is 27.6 Å². The molecule has 0 radical (unpaired) electrons. The molecule has 0 unspecified atom stereocenters. The van der Waals surface area contributed by atoms with Gasteiger partial charge in [0.1, 0.15) is 16.6 Å². The van der Waals surface area contributed by atoms with Crippen LogP contribution < -0.4 is 10.0 Å². The first-order valence-corrected chi connectivity index (χ1v) is 9.61. The van der Waals surface area contributed by atoms with E-state index in [9.17, 15) is 22.0 Å². The Morgan fingerprint density at radius 3 is 2.74 bits per heavy atom. The molecule has 0 saturated carbocycles. The van der Waals surface area contributed by atoms with Gasteiger partial charge >= 0.3 is 0 Å². The Morgan fingerprint density at radius 1 is 1.30 bits per heavy atom. The average molecular weight is 414 g/mol. The van der Waals surface area contributed by atoms with Crippen molar-refractivity contribution >= 4 is 33.0 Å². The summed E-state index contributed by atoms with van der Waals surface area (Å²) < 4.78 is 54.4. The summed E-state index contributed by atoms with van der Waals surface area (Å²) in [6.45, 7) is -0.200. The van der Waals surface area contributed by atoms with Gasteiger partial charge < -0.3 is 9.88 Å². The van der Waals surface area contributed by atoms with Crippen molar-refractivity contribution in [1.29, 1.82) is 0 Å². The molecule has 0 bridgehead atoms. The first-order chi connectivity index (χ1) is 12.7. The van der Waals surface area contributed by atoms with Crippen LogP contribution in [0.5, 0.6) is 0 Å². The minimum Gasteiger partial charge on any atom is -0.339 e. The topological polar surface area (TPSA) is 119 Å². The van der Waals surface area contributed by atoms with E-state index in [-0.39, 0.29) is 27.3 Å². The molecule has 0 saturated heterocycles. The predicted octanol–water partition coefficient (Wildman–Crippen LogP) is 1.28. The predicted molar refractivity (Wildman–Crippen MR) is 91.5 cm³/mol. The second-order valence-corrected chi connectivity index (χ2v) is 8.06. The van der Waals surface area contributed by atoms with Crippen molar-refractivity contribution in [3.8, 4) is 0 Å². The molecule has 2 heterocycles. The minimum absolute atomic E-state index is 0.106. The van der Waals surface area contributed by atoms with Crippen LogP contribution in [0.4, 0.5) is 14.5 Å². The number of aromatic nitrogens is 4. The van der Waals surface area contributed by atoms with E-state index in [0.717, 1.165) is 23.5 Å². The second kappa shape index (κ2) is 7.46. The fraction of sp³-hybridized carbons (Fsp3) is 0.143. The highest BCUT2D eigenvalue weighted by Gasteiger charge is 2.19. The number of carbonyl (C=O) groups is 1. The van der Waals surface area contributed by atoms with Crippen molar-refractivity contribution in [2.75, 3.05) is 5.32 Å². The third-order valence-electron chi connectivity index (χ3n) is 3.21. The van der Waals surface area contributed by atoms with Gasteiger partial charge in [0.05, 0.1) is 18.6 Å². The summed E-state index contributed by atoms with van der Waals surface area (Å²) in [7, 11) is -2.21. The highest BCUT2D eigenvalue weighted by atomic mass is 32.2. The van der Waals surface area contributed by atoms with E-state index in [0.29, 0.717) is 6.07 Å². The van der Waals surface area contributed by atoms with E-state index in [1.54, 1.807) is 7.05 Å². The quantitative estimate of drug-likeness (QED) is 0.627. The number of carbonyl (C=O) groups excluding carboxylic acids is 1. The number of nitrogens with zero attached hydrogens (tertiary/aromatic N) is 4. The van der Waals surface area contributed by atoms with Crippen LogP contribution >= 0.6 is 11.3 Å². The lowest BCUT2D eigenvalue weighted by Gasteiger charge is -2.03. The zero-order valence-corrected chi connectivity index (χ0v) is 15.3. The Kier molecular flexibility index (Phi) is 5.25. The Labute approximate surface area is 156 Å². The maximum Gasteiger partial charge on any atom is 0.286 e. The van der Waals surface area contributed by atoms with Crippen LogP contribution in [-0.4, -0.2) is 34.1 Å². The van der Waals surface area contributed by atoms with Gasteiger partial charge in [-0.05, 0) is 12.1 Å². The van der Waals surface area contributed by atoms with Crippen LogP contribution in [0.25, 0.3) is 0 Å². The molecule has 1 amide bonds. The van der Waals surface area contributed by atoms with Gasteiger partial charge in [-0.15, -0.1) is 10.2 Å². The molecule has 142 valence electrons. The Balaban J connectivity index is 1.65. The molecule has 0 aliphatic carbocycles. The molecule has 0 spiro atoms. The molecule has 0 fully saturated rings. The maximum atomic E-state index is 13.6. The summed E-state index contributed by atoms with van der Waals surface area (Å²) >= 11 is 0.827. The van der Waals surface area contributed by atoms with Crippen LogP contribution in [0, 0.1) is 11.6 Å². The monoisotopic (exact) mass is 414 g/mol. The van der Waals surface area contributed by atoms with Gasteiger partial charge in [0, 0.05) is 19.3 Å². The van der Waals surface area contributed by atoms with E-state index in [1.807, 2.05) is 0 Å². The molecule has 2 N–H and O–H groups in total. The number of hydrogen-bond donors (Lipinski definition) is 2. The molecule has 3 aromatic rings. The van der Waals surface area contributed by atoms with Gasteiger partial charge in [0.2, 0.25) is 5.01 Å². The van der Waals surface area contributed by atoms with Gasteiger partial charge in [-0.3, -0.25) is 4.79 Å². The summed E-state index contributed by atoms with van der Waals surface area (Å²) in [4.78, 5) is 15.8. The maximum absolute atomic E-state index is 13.6. The number of imidazole rings is 1. The third kappa shape index (κ3) is 4.50. The normalized spacial score (nSPS) is 11.5. The van der Waals surface area contributed by atoms with Gasteiger partial charge in [-0.2, -0.15) is 0 Å². The highest BCUT2D eigenvalue weighted by Crippen LogP contribution is 2.18. The number of anilines is 1. The fourth-order valence-electron chi connectivity index (χ4n) is 1.94. The summed E-state index contributed by atoms with van der Waals surface area (Å²) in [5.41, 5.74) is -0.214. The molecular formula is C14H12F2N6O3S2. The number of rotatable bonds is 6. The second-order valence-electron chi connectivity index (χ2n) is 5.28. The Morgan fingerprint density at radius 2 is 2.07 bits per heavy atom. The lowest BCUT2D eigenvalue weighted by Crippen LogP contribution is -2.23. The summed E-state index contributed by atoms with van der Waals surface area (Å²) in [5, 5.41) is 9.57. The van der Waals surface area contributed by atoms with Gasteiger partial charge in [-0.25, -0.2) is 26.9 Å². The van der Waals surface area contributed by atoms with Gasteiger partial charge in [0.15, 0.2) is 5.03 Å². The van der Waals surface area contributed by atoms with Crippen LogP contribution in [0.2, 0.25) is 0 Å². The average Bonchev–Trinajstić information content (AvgIpc) is 3.25. The van der Waals surface area contributed by atoms with Gasteiger partial charge in [0.25, 0.3) is 15.9 Å². The van der Waals surface area contributed by atoms with E-state index in [4.69, 9.17) is 0 Å². The molecule has 3 rings (SSSR count). The standard InChI is InChI=1S/C14H12F2N6O3S2/c1-22-6-12(17-7-22)27(24,25)18-5-11-20-21-14(26-11)13(23)19-10-3-2-8(15)4-9(10)16/h2-4,6-7,18H,5H2,1H3,(H,19,23). The summed E-state index contributed by atoms with van der Waals surface area (Å²) in [6, 6.07) is 2.70. The molecule has 9 nitrogen and oxygen atoms in total. The molecule has 0 atom stereocenters. The zero-order valence-electron chi connectivity index (χ0n) is 13.7. The molecule has 2 aromatic heterocycles. The number of hydrogen-bond acceptors (Lipinski definition) is 7. The number of amides is 1. The molecule has 1 aromatic carbocycles. The van der Waals surface area contributed by atoms with Crippen LogP contribution in [0.1, 0.15) is 14.8 Å². The first-order valence-electron chi connectivity index (χ1n) is 7.31. The van der Waals surface area contributed by atoms with E-state index in [2.05, 4.69) is 25.2 Å². The number of aryl methyl sites for hydroxylation is 1. The minimum atomic E-state index is -3.84. The molecule has 13 heteroatoms. The first kappa shape index (κ1) is 19.0. The van der Waals surface area contributed by atoms with Crippen molar-refractivity contribution in [3.05, 3.63) is 52.4 Å². The number of nitrogens with one attached hydrogen (secondary N) is 2. The van der Waals surface area contributed by atoms with Crippen LogP contribution in [0.15, 0.2) is 35.7 Å². The van der Waals surface area contributed by atoms with Crippen molar-refractivity contribution in [3.63, 3.8) is 0 Å². The van der Waals surface area contributed by atoms with E-state index in [1.165, 1.54) is 17.1 Å². The van der Waals surface area contributed by atoms with Crippen molar-refractivity contribution in [1.82, 2.24) is 24.5 Å². The summed E-state index contributed by atoms with van der Waals surface area (Å²) in [6.07, 6.45) is 2.68. The van der Waals surface area contributed by atoms with Crippen LogP contribution in [-0.2, 0) is 23.6 Å². The number of sulfonamides is 1. The van der Waals surface area contributed by atoms with Crippen molar-refractivity contribution in [2.24, 2.45) is 7.05 Å². The Bertz CT molecular complexity index is 1100. The number of benzene rings is 1. The largest absolute Gasteiger partial charge is 0.339 e. The van der Waals surface area contributed by atoms with Crippen molar-refractivity contribution < 1.29 is 22.0 Å². The van der Waals surface area contributed by atoms with Crippen molar-refractivity contribution in [2.45, 2.75) is 11.6 Å². The molecular weight excluding hydrogens is 402 g/mol. The molecule has 27 heavy (non-hydrogen) atoms. The lowest BCUT2D eigenvalue weighted by molar-refractivity contribution is 0.102.